The summed E-state index contributed by atoms with van der Waals surface area (Å²) in [7, 11) is -4.03. The molecular weight excluding hydrogens is 467 g/mol. The SMILES string of the molecule is Cc1ccc(NS(=O)(=O)c2cc(C(=O)Nc3c(Cl)cccc3Cl)ccc2Cl)cc1C. The van der Waals surface area contributed by atoms with E-state index in [1.807, 2.05) is 19.9 Å². The number of benzene rings is 3. The van der Waals surface area contributed by atoms with Gasteiger partial charge in [-0.2, -0.15) is 0 Å². The number of carbonyl (C=O) groups is 1. The molecule has 0 heterocycles. The lowest BCUT2D eigenvalue weighted by atomic mass is 10.1. The van der Waals surface area contributed by atoms with Crippen molar-refractivity contribution in [2.45, 2.75) is 18.7 Å². The Morgan fingerprint density at radius 2 is 1.50 bits per heavy atom. The van der Waals surface area contributed by atoms with E-state index in [0.29, 0.717) is 5.69 Å². The average Bonchev–Trinajstić information content (AvgIpc) is 2.67. The van der Waals surface area contributed by atoms with Gasteiger partial charge in [0.15, 0.2) is 0 Å². The molecule has 0 aliphatic heterocycles. The van der Waals surface area contributed by atoms with E-state index in [0.717, 1.165) is 11.1 Å². The fourth-order valence-corrected chi connectivity index (χ4v) is 4.74. The van der Waals surface area contributed by atoms with Gasteiger partial charge in [0.25, 0.3) is 15.9 Å². The first-order valence-electron chi connectivity index (χ1n) is 8.73. The Labute approximate surface area is 190 Å². The molecule has 156 valence electrons. The number of hydrogen-bond donors (Lipinski definition) is 2. The van der Waals surface area contributed by atoms with Gasteiger partial charge in [0.1, 0.15) is 4.90 Å². The molecule has 0 atom stereocenters. The van der Waals surface area contributed by atoms with Crippen LogP contribution >= 0.6 is 34.8 Å². The van der Waals surface area contributed by atoms with E-state index in [1.165, 1.54) is 18.2 Å². The van der Waals surface area contributed by atoms with Gasteiger partial charge in [-0.1, -0.05) is 46.9 Å². The van der Waals surface area contributed by atoms with E-state index in [2.05, 4.69) is 10.0 Å². The second-order valence-corrected chi connectivity index (χ2v) is 9.47. The molecule has 0 radical (unpaired) electrons. The van der Waals surface area contributed by atoms with Crippen LogP contribution in [0.2, 0.25) is 15.1 Å². The highest BCUT2D eigenvalue weighted by Crippen LogP contribution is 2.31. The molecule has 2 N–H and O–H groups in total. The summed E-state index contributed by atoms with van der Waals surface area (Å²) in [4.78, 5) is 12.4. The minimum Gasteiger partial charge on any atom is -0.319 e. The van der Waals surface area contributed by atoms with Gasteiger partial charge in [0.2, 0.25) is 0 Å². The second kappa shape index (κ2) is 8.86. The van der Waals surface area contributed by atoms with Crippen LogP contribution in [0.4, 0.5) is 11.4 Å². The predicted molar refractivity (Wildman–Crippen MR) is 123 cm³/mol. The minimum atomic E-state index is -4.03. The third-order valence-electron chi connectivity index (χ3n) is 4.44. The Morgan fingerprint density at radius 1 is 0.833 bits per heavy atom. The quantitative estimate of drug-likeness (QED) is 0.446. The van der Waals surface area contributed by atoms with Crippen molar-refractivity contribution in [3.8, 4) is 0 Å². The van der Waals surface area contributed by atoms with Crippen molar-refractivity contribution in [3.05, 3.63) is 86.4 Å². The number of nitrogens with one attached hydrogen (secondary N) is 2. The van der Waals surface area contributed by atoms with Crippen LogP contribution in [0.15, 0.2) is 59.5 Å². The van der Waals surface area contributed by atoms with Gasteiger partial charge in [0, 0.05) is 11.3 Å². The number of halogens is 3. The fourth-order valence-electron chi connectivity index (χ4n) is 2.67. The van der Waals surface area contributed by atoms with Crippen LogP contribution in [0.25, 0.3) is 0 Å². The zero-order valence-corrected chi connectivity index (χ0v) is 19.0. The van der Waals surface area contributed by atoms with Crippen molar-refractivity contribution in [2.24, 2.45) is 0 Å². The molecule has 3 rings (SSSR count). The van der Waals surface area contributed by atoms with Gasteiger partial charge in [-0.3, -0.25) is 9.52 Å². The molecule has 0 fully saturated rings. The molecule has 0 aliphatic rings. The summed E-state index contributed by atoms with van der Waals surface area (Å²) >= 11 is 18.3. The zero-order valence-electron chi connectivity index (χ0n) is 16.0. The van der Waals surface area contributed by atoms with Crippen LogP contribution < -0.4 is 10.0 Å². The van der Waals surface area contributed by atoms with Gasteiger partial charge in [-0.05, 0) is 67.4 Å². The highest BCUT2D eigenvalue weighted by atomic mass is 35.5. The summed E-state index contributed by atoms with van der Waals surface area (Å²) in [6, 6.07) is 13.9. The lowest BCUT2D eigenvalue weighted by Crippen LogP contribution is -2.17. The predicted octanol–water partition coefficient (Wildman–Crippen LogP) is 6.32. The molecule has 3 aromatic rings. The van der Waals surface area contributed by atoms with E-state index >= 15 is 0 Å². The molecule has 9 heteroatoms. The number of hydrogen-bond acceptors (Lipinski definition) is 3. The highest BCUT2D eigenvalue weighted by molar-refractivity contribution is 7.92. The largest absolute Gasteiger partial charge is 0.319 e. The van der Waals surface area contributed by atoms with Gasteiger partial charge in [-0.25, -0.2) is 8.42 Å². The van der Waals surface area contributed by atoms with Gasteiger partial charge in [-0.15, -0.1) is 0 Å². The Bertz CT molecular complexity index is 1220. The number of aryl methyl sites for hydroxylation is 2. The summed E-state index contributed by atoms with van der Waals surface area (Å²) in [5, 5.41) is 3.10. The van der Waals surface area contributed by atoms with Crippen LogP contribution in [0, 0.1) is 13.8 Å². The topological polar surface area (TPSA) is 75.3 Å². The van der Waals surface area contributed by atoms with Crippen molar-refractivity contribution in [2.75, 3.05) is 10.0 Å². The van der Waals surface area contributed by atoms with Crippen LogP contribution in [-0.2, 0) is 10.0 Å². The summed E-state index contributed by atoms with van der Waals surface area (Å²) in [5.74, 6) is -0.579. The maximum Gasteiger partial charge on any atom is 0.263 e. The smallest absolute Gasteiger partial charge is 0.263 e. The summed E-state index contributed by atoms with van der Waals surface area (Å²) in [6.45, 7) is 3.81. The standard InChI is InChI=1S/C21H17Cl3N2O3S/c1-12-6-8-15(10-13(12)2)26-30(28,29)19-11-14(7-9-16(19)22)21(27)25-20-17(23)4-3-5-18(20)24/h3-11,26H,1-2H3,(H,25,27). The molecule has 5 nitrogen and oxygen atoms in total. The van der Waals surface area contributed by atoms with Crippen LogP contribution in [0.3, 0.4) is 0 Å². The normalized spacial score (nSPS) is 11.2. The Balaban J connectivity index is 1.92. The summed E-state index contributed by atoms with van der Waals surface area (Å²) in [5.41, 5.74) is 2.68. The average molecular weight is 484 g/mol. The van der Waals surface area contributed by atoms with E-state index in [9.17, 15) is 13.2 Å². The van der Waals surface area contributed by atoms with Crippen LogP contribution in [0.1, 0.15) is 21.5 Å². The molecule has 1 amide bonds. The van der Waals surface area contributed by atoms with Crippen molar-refractivity contribution in [1.29, 1.82) is 0 Å². The van der Waals surface area contributed by atoms with Crippen LogP contribution in [0.5, 0.6) is 0 Å². The molecule has 30 heavy (non-hydrogen) atoms. The maximum atomic E-state index is 12.9. The molecule has 0 aliphatic carbocycles. The van der Waals surface area contributed by atoms with E-state index < -0.39 is 15.9 Å². The molecule has 0 bridgehead atoms. The van der Waals surface area contributed by atoms with E-state index in [4.69, 9.17) is 34.8 Å². The van der Waals surface area contributed by atoms with E-state index in [1.54, 1.807) is 30.3 Å². The lowest BCUT2D eigenvalue weighted by Gasteiger charge is -2.13. The van der Waals surface area contributed by atoms with Gasteiger partial charge < -0.3 is 5.32 Å². The molecule has 0 aromatic heterocycles. The highest BCUT2D eigenvalue weighted by Gasteiger charge is 2.21. The van der Waals surface area contributed by atoms with E-state index in [-0.39, 0.29) is 31.2 Å². The van der Waals surface area contributed by atoms with Crippen LogP contribution in [-0.4, -0.2) is 14.3 Å². The third kappa shape index (κ3) is 4.90. The Morgan fingerprint density at radius 3 is 2.13 bits per heavy atom. The first kappa shape index (κ1) is 22.4. The van der Waals surface area contributed by atoms with Crippen molar-refractivity contribution >= 4 is 62.1 Å². The molecule has 3 aromatic carbocycles. The monoisotopic (exact) mass is 482 g/mol. The maximum absolute atomic E-state index is 12.9. The Kier molecular flexibility index (Phi) is 6.62. The number of anilines is 2. The van der Waals surface area contributed by atoms with Gasteiger partial charge in [0.05, 0.1) is 20.8 Å². The molecule has 0 saturated carbocycles. The minimum absolute atomic E-state index is 0.0151. The Hall–Kier alpha value is -2.25. The first-order valence-corrected chi connectivity index (χ1v) is 11.3. The number of rotatable bonds is 5. The first-order chi connectivity index (χ1) is 14.1. The zero-order chi connectivity index (χ0) is 22.1. The van der Waals surface area contributed by atoms with Gasteiger partial charge >= 0.3 is 0 Å². The summed E-state index contributed by atoms with van der Waals surface area (Å²) < 4.78 is 28.3. The number of amides is 1. The van der Waals surface area contributed by atoms with Crippen molar-refractivity contribution in [3.63, 3.8) is 0 Å². The van der Waals surface area contributed by atoms with Crippen molar-refractivity contribution < 1.29 is 13.2 Å². The molecular formula is C21H17Cl3N2O3S. The lowest BCUT2D eigenvalue weighted by molar-refractivity contribution is 0.102. The molecule has 0 unspecified atom stereocenters. The number of para-hydroxylation sites is 1. The number of sulfonamides is 1. The molecule has 0 saturated heterocycles. The fraction of sp³-hybridized carbons (Fsp3) is 0.0952. The molecule has 0 spiro atoms. The third-order valence-corrected chi connectivity index (χ3v) is 6.94. The number of carbonyl (C=O) groups excluding carboxylic acids is 1. The summed E-state index contributed by atoms with van der Waals surface area (Å²) in [6.07, 6.45) is 0. The second-order valence-electron chi connectivity index (χ2n) is 6.60. The van der Waals surface area contributed by atoms with Crippen molar-refractivity contribution in [1.82, 2.24) is 0 Å².